The molecule has 2 aromatic rings. The second kappa shape index (κ2) is 12.0. The molecule has 14 heteroatoms. The van der Waals surface area contributed by atoms with Crippen molar-refractivity contribution in [1.29, 1.82) is 0 Å². The molecule has 4 N–H and O–H groups in total. The first-order valence-electron chi connectivity index (χ1n) is 17.1. The Kier molecular flexibility index (Phi) is 8.04. The second-order valence-corrected chi connectivity index (χ2v) is 14.5. The van der Waals surface area contributed by atoms with E-state index in [4.69, 9.17) is 10.5 Å². The number of nitrogen functional groups attached to an aromatic ring is 1. The Bertz CT molecular complexity index is 1760. The van der Waals surface area contributed by atoms with Gasteiger partial charge in [0.05, 0.1) is 30.6 Å². The number of anilines is 2. The van der Waals surface area contributed by atoms with E-state index in [2.05, 4.69) is 44.3 Å². The molecule has 48 heavy (non-hydrogen) atoms. The van der Waals surface area contributed by atoms with Crippen LogP contribution in [0.3, 0.4) is 0 Å². The van der Waals surface area contributed by atoms with Gasteiger partial charge in [-0.25, -0.2) is 9.97 Å². The lowest BCUT2D eigenvalue weighted by atomic mass is 9.36. The van der Waals surface area contributed by atoms with Crippen molar-refractivity contribution >= 4 is 29.0 Å². The van der Waals surface area contributed by atoms with Gasteiger partial charge in [0, 0.05) is 36.8 Å². The predicted molar refractivity (Wildman–Crippen MR) is 178 cm³/mol. The van der Waals surface area contributed by atoms with Crippen molar-refractivity contribution in [3.8, 4) is 5.75 Å². The second-order valence-electron chi connectivity index (χ2n) is 14.5. The Morgan fingerprint density at radius 2 is 1.92 bits per heavy atom. The quantitative estimate of drug-likeness (QED) is 0.340. The van der Waals surface area contributed by atoms with E-state index in [1.165, 1.54) is 6.33 Å². The minimum absolute atomic E-state index is 0.0224. The van der Waals surface area contributed by atoms with E-state index in [-0.39, 0.29) is 64.4 Å². The predicted octanol–water partition coefficient (Wildman–Crippen LogP) is 3.37. The van der Waals surface area contributed by atoms with Gasteiger partial charge in [0.15, 0.2) is 17.3 Å². The lowest BCUT2D eigenvalue weighted by Crippen LogP contribution is -2.76. The number of fused-ring (bicyclic) bond motifs is 1. The standard InChI is InChI=1S/C34H45N9O5/c1-5-22-28(41-10-11-42(24-7-6-23(24)41)32(47)27-29(45)20(4)36-18-37-27)30(46)26(35)31(40-39-21-8-12-48-13-9-21)43(22)14-25(44)38-34-15-33(16-34,17-34)19(2)3/h8,18-19,23-24,45H,5-7,9-17,35H2,1-4H3,(H,38,44)/t23-,24-,33?,34?/m0/s1. The van der Waals surface area contributed by atoms with Gasteiger partial charge in [-0.2, -0.15) is 5.11 Å². The number of aryl methyl sites for hydroxylation is 1. The molecule has 0 radical (unpaired) electrons. The molecular formula is C34H45N9O5. The highest BCUT2D eigenvalue weighted by Gasteiger charge is 2.69. The number of amides is 2. The molecule has 4 saturated carbocycles. The number of pyridine rings is 1. The van der Waals surface area contributed by atoms with Crippen LogP contribution in [0.15, 0.2) is 33.1 Å². The van der Waals surface area contributed by atoms with E-state index in [0.29, 0.717) is 67.6 Å². The van der Waals surface area contributed by atoms with Gasteiger partial charge < -0.3 is 35.3 Å². The van der Waals surface area contributed by atoms with Gasteiger partial charge in [-0.3, -0.25) is 14.4 Å². The van der Waals surface area contributed by atoms with Gasteiger partial charge in [0.1, 0.15) is 24.2 Å². The average molecular weight is 660 g/mol. The summed E-state index contributed by atoms with van der Waals surface area (Å²) in [5.74, 6) is 0.0326. The minimum atomic E-state index is -0.359. The van der Waals surface area contributed by atoms with Crippen molar-refractivity contribution in [1.82, 2.24) is 24.8 Å². The third-order valence-electron chi connectivity index (χ3n) is 11.4. The maximum absolute atomic E-state index is 14.2. The fraction of sp³-hybridized carbons (Fsp3) is 0.618. The molecule has 0 unspecified atom stereocenters. The molecule has 14 nitrogen and oxygen atoms in total. The first-order valence-corrected chi connectivity index (χ1v) is 17.1. The number of ether oxygens (including phenoxy) is 1. The first kappa shape index (κ1) is 32.2. The monoisotopic (exact) mass is 659 g/mol. The maximum Gasteiger partial charge on any atom is 0.276 e. The Hall–Kier alpha value is -4.33. The third kappa shape index (κ3) is 5.15. The zero-order valence-electron chi connectivity index (χ0n) is 28.2. The Balaban J connectivity index is 1.21. The van der Waals surface area contributed by atoms with Crippen molar-refractivity contribution in [2.45, 2.75) is 96.8 Å². The van der Waals surface area contributed by atoms with Crippen LogP contribution < -0.4 is 21.4 Å². The number of rotatable bonds is 9. The lowest BCUT2D eigenvalue weighted by molar-refractivity contribution is -0.187. The number of carbonyl (C=O) groups excluding carboxylic acids is 2. The summed E-state index contributed by atoms with van der Waals surface area (Å²) < 4.78 is 7.17. The molecule has 2 amide bonds. The number of nitrogens with two attached hydrogens (primary N) is 1. The van der Waals surface area contributed by atoms with Gasteiger partial charge in [-0.05, 0) is 62.9 Å². The van der Waals surface area contributed by atoms with E-state index in [1.807, 2.05) is 13.0 Å². The van der Waals surface area contributed by atoms with Crippen LogP contribution in [0, 0.1) is 18.3 Å². The van der Waals surface area contributed by atoms with Gasteiger partial charge >= 0.3 is 0 Å². The summed E-state index contributed by atoms with van der Waals surface area (Å²) in [6.07, 6.45) is 8.64. The fourth-order valence-corrected chi connectivity index (χ4v) is 8.53. The SMILES string of the molecule is CCc1c(N2CCN(C(=O)c3ncnc(C)c3O)[C@H]3CC[C@@H]32)c(=O)c(N)c(N=NC2=CCOCC2)n1CC(=O)NC12CC(C(C)C)(C1)C2. The summed E-state index contributed by atoms with van der Waals surface area (Å²) in [7, 11) is 0. The van der Waals surface area contributed by atoms with Gasteiger partial charge in [-0.1, -0.05) is 20.8 Å². The van der Waals surface area contributed by atoms with E-state index < -0.39 is 0 Å². The van der Waals surface area contributed by atoms with Crippen LogP contribution in [0.2, 0.25) is 0 Å². The molecule has 2 atom stereocenters. The summed E-state index contributed by atoms with van der Waals surface area (Å²) in [4.78, 5) is 53.3. The van der Waals surface area contributed by atoms with Crippen molar-refractivity contribution in [2.75, 3.05) is 36.9 Å². The third-order valence-corrected chi connectivity index (χ3v) is 11.4. The summed E-state index contributed by atoms with van der Waals surface area (Å²) >= 11 is 0. The number of hydrogen-bond donors (Lipinski definition) is 3. The van der Waals surface area contributed by atoms with E-state index in [1.54, 1.807) is 16.4 Å². The van der Waals surface area contributed by atoms with Crippen molar-refractivity contribution in [3.05, 3.63) is 45.4 Å². The molecule has 2 aromatic heterocycles. The molecule has 2 aliphatic heterocycles. The summed E-state index contributed by atoms with van der Waals surface area (Å²) in [5, 5.41) is 22.8. The zero-order valence-corrected chi connectivity index (χ0v) is 28.2. The van der Waals surface area contributed by atoms with Crippen LogP contribution in [-0.4, -0.2) is 80.3 Å². The van der Waals surface area contributed by atoms with Gasteiger partial charge in [0.2, 0.25) is 11.3 Å². The highest BCUT2D eigenvalue weighted by molar-refractivity contribution is 5.95. The Morgan fingerprint density at radius 3 is 2.56 bits per heavy atom. The molecule has 256 valence electrons. The fourth-order valence-electron chi connectivity index (χ4n) is 8.53. The van der Waals surface area contributed by atoms with Crippen LogP contribution in [0.5, 0.6) is 5.75 Å². The highest BCUT2D eigenvalue weighted by atomic mass is 16.5. The van der Waals surface area contributed by atoms with Crippen molar-refractivity contribution in [3.63, 3.8) is 0 Å². The van der Waals surface area contributed by atoms with Crippen molar-refractivity contribution < 1.29 is 19.4 Å². The van der Waals surface area contributed by atoms with Gasteiger partial charge in [0.25, 0.3) is 5.91 Å². The molecule has 4 heterocycles. The Morgan fingerprint density at radius 1 is 1.17 bits per heavy atom. The Labute approximate surface area is 279 Å². The number of aromatic nitrogens is 3. The molecule has 4 aliphatic carbocycles. The van der Waals surface area contributed by atoms with Crippen LogP contribution >= 0.6 is 0 Å². The molecule has 0 spiro atoms. The lowest BCUT2D eigenvalue weighted by Gasteiger charge is -2.72. The number of azo groups is 1. The number of nitrogens with zero attached hydrogens (tertiary/aromatic N) is 7. The van der Waals surface area contributed by atoms with E-state index in [9.17, 15) is 19.5 Å². The van der Waals surface area contributed by atoms with Crippen LogP contribution in [0.1, 0.15) is 81.2 Å². The number of piperazine rings is 1. The van der Waals surface area contributed by atoms with Crippen LogP contribution in [0.4, 0.5) is 17.2 Å². The first-order chi connectivity index (χ1) is 23.0. The van der Waals surface area contributed by atoms with Crippen molar-refractivity contribution in [2.24, 2.45) is 21.6 Å². The maximum atomic E-state index is 14.2. The zero-order chi connectivity index (χ0) is 34.0. The topological polar surface area (TPSA) is 181 Å². The molecule has 0 aromatic carbocycles. The number of hydrogen-bond acceptors (Lipinski definition) is 11. The van der Waals surface area contributed by atoms with Crippen LogP contribution in [0.25, 0.3) is 0 Å². The van der Waals surface area contributed by atoms with Gasteiger partial charge in [-0.15, -0.1) is 5.11 Å². The highest BCUT2D eigenvalue weighted by Crippen LogP contribution is 2.70. The largest absolute Gasteiger partial charge is 0.504 e. The summed E-state index contributed by atoms with van der Waals surface area (Å²) in [6, 6.07) is -0.319. The normalized spacial score (nSPS) is 27.6. The molecular weight excluding hydrogens is 614 g/mol. The van der Waals surface area contributed by atoms with E-state index in [0.717, 1.165) is 37.8 Å². The molecule has 2 bridgehead atoms. The molecule has 5 fully saturated rings. The number of carbonyl (C=O) groups is 2. The summed E-state index contributed by atoms with van der Waals surface area (Å²) in [6.45, 7) is 9.69. The minimum Gasteiger partial charge on any atom is -0.504 e. The molecule has 1 saturated heterocycles. The number of nitrogens with one attached hydrogen (secondary N) is 1. The average Bonchev–Trinajstić information content (AvgIpc) is 3.01. The van der Waals surface area contributed by atoms with E-state index >= 15 is 0 Å². The van der Waals surface area contributed by atoms with Crippen LogP contribution in [-0.2, 0) is 22.5 Å². The molecule has 6 aliphatic rings. The molecule has 8 rings (SSSR count). The number of aromatic hydroxyl groups is 1. The summed E-state index contributed by atoms with van der Waals surface area (Å²) in [5.41, 5.74) is 8.52. The smallest absolute Gasteiger partial charge is 0.276 e.